The van der Waals surface area contributed by atoms with E-state index in [0.717, 1.165) is 43.2 Å². The molecule has 4 heteroatoms. The van der Waals surface area contributed by atoms with Crippen LogP contribution in [0.3, 0.4) is 0 Å². The quantitative estimate of drug-likeness (QED) is 0.752. The maximum atomic E-state index is 12.6. The van der Waals surface area contributed by atoms with Gasteiger partial charge in [0.2, 0.25) is 5.91 Å². The van der Waals surface area contributed by atoms with Crippen LogP contribution in [0.15, 0.2) is 54.6 Å². The van der Waals surface area contributed by atoms with E-state index in [0.29, 0.717) is 6.54 Å². The monoisotopic (exact) mass is 365 g/mol. The van der Waals surface area contributed by atoms with Gasteiger partial charge in [-0.25, -0.2) is 0 Å². The fourth-order valence-corrected chi connectivity index (χ4v) is 3.79. The van der Waals surface area contributed by atoms with E-state index in [-0.39, 0.29) is 5.91 Å². The van der Waals surface area contributed by atoms with Gasteiger partial charge in [-0.05, 0) is 75.5 Å². The van der Waals surface area contributed by atoms with Gasteiger partial charge in [-0.3, -0.25) is 9.69 Å². The Morgan fingerprint density at radius 3 is 2.48 bits per heavy atom. The molecule has 27 heavy (non-hydrogen) atoms. The van der Waals surface area contributed by atoms with E-state index in [1.165, 1.54) is 24.8 Å². The van der Waals surface area contributed by atoms with Crippen LogP contribution in [0.5, 0.6) is 0 Å². The number of nitrogens with zero attached hydrogens (tertiary/aromatic N) is 1. The number of hydrogen-bond donors (Lipinski definition) is 2. The minimum absolute atomic E-state index is 0.0872. The lowest BCUT2D eigenvalue weighted by Crippen LogP contribution is -2.39. The second-order valence-corrected chi connectivity index (χ2v) is 7.48. The number of anilines is 1. The first-order valence-corrected chi connectivity index (χ1v) is 10.0. The zero-order valence-corrected chi connectivity index (χ0v) is 16.3. The lowest BCUT2D eigenvalue weighted by Gasteiger charge is -2.31. The van der Waals surface area contributed by atoms with Gasteiger partial charge in [0, 0.05) is 5.69 Å². The number of carbonyl (C=O) groups is 1. The van der Waals surface area contributed by atoms with Crippen molar-refractivity contribution in [2.75, 3.05) is 38.5 Å². The molecule has 1 amide bonds. The van der Waals surface area contributed by atoms with Gasteiger partial charge in [0.25, 0.3) is 0 Å². The molecule has 2 aromatic carbocycles. The standard InChI is InChI=1S/C23H31N3O/c1-24-14-11-19-12-15-26(16-13-19)18-23(27)25-22-10-6-5-9-21(22)17-20-7-3-2-4-8-20/h2-10,19,24H,11-18H2,1H3,(H,25,27). The molecule has 1 heterocycles. The molecule has 0 aliphatic carbocycles. The smallest absolute Gasteiger partial charge is 0.238 e. The molecule has 1 saturated heterocycles. The molecule has 144 valence electrons. The summed E-state index contributed by atoms with van der Waals surface area (Å²) >= 11 is 0. The molecule has 1 fully saturated rings. The van der Waals surface area contributed by atoms with Crippen molar-refractivity contribution >= 4 is 11.6 Å². The number of carbonyl (C=O) groups excluding carboxylic acids is 1. The Morgan fingerprint density at radius 2 is 1.74 bits per heavy atom. The molecule has 0 atom stereocenters. The fraction of sp³-hybridized carbons (Fsp3) is 0.435. The van der Waals surface area contributed by atoms with E-state index < -0.39 is 0 Å². The van der Waals surface area contributed by atoms with Crippen molar-refractivity contribution in [2.24, 2.45) is 5.92 Å². The molecule has 0 bridgehead atoms. The van der Waals surface area contributed by atoms with Crippen LogP contribution in [0.1, 0.15) is 30.4 Å². The molecule has 4 nitrogen and oxygen atoms in total. The van der Waals surface area contributed by atoms with Gasteiger partial charge in [-0.1, -0.05) is 48.5 Å². The molecule has 1 aliphatic rings. The molecular formula is C23H31N3O. The molecule has 0 spiro atoms. The summed E-state index contributed by atoms with van der Waals surface area (Å²) in [5.74, 6) is 0.882. The Kier molecular flexibility index (Phi) is 7.43. The minimum atomic E-state index is 0.0872. The van der Waals surface area contributed by atoms with Crippen LogP contribution in [0.2, 0.25) is 0 Å². The number of likely N-dealkylation sites (tertiary alicyclic amines) is 1. The largest absolute Gasteiger partial charge is 0.325 e. The van der Waals surface area contributed by atoms with Crippen LogP contribution in [-0.2, 0) is 11.2 Å². The molecule has 0 radical (unpaired) electrons. The van der Waals surface area contributed by atoms with Crippen LogP contribution in [0.4, 0.5) is 5.69 Å². The number of piperidine rings is 1. The Morgan fingerprint density at radius 1 is 1.04 bits per heavy atom. The normalized spacial score (nSPS) is 15.6. The summed E-state index contributed by atoms with van der Waals surface area (Å²) in [5.41, 5.74) is 3.33. The van der Waals surface area contributed by atoms with Crippen molar-refractivity contribution in [1.29, 1.82) is 0 Å². The number of nitrogens with one attached hydrogen (secondary N) is 2. The predicted molar refractivity (Wildman–Crippen MR) is 112 cm³/mol. The van der Waals surface area contributed by atoms with Crippen LogP contribution in [-0.4, -0.2) is 44.0 Å². The van der Waals surface area contributed by atoms with E-state index in [1.54, 1.807) is 0 Å². The highest BCUT2D eigenvalue weighted by Crippen LogP contribution is 2.21. The number of amides is 1. The second kappa shape index (κ2) is 10.2. The van der Waals surface area contributed by atoms with Gasteiger partial charge in [0.15, 0.2) is 0 Å². The molecular weight excluding hydrogens is 334 g/mol. The van der Waals surface area contributed by atoms with Crippen LogP contribution in [0, 0.1) is 5.92 Å². The van der Waals surface area contributed by atoms with Crippen molar-refractivity contribution in [3.63, 3.8) is 0 Å². The lowest BCUT2D eigenvalue weighted by molar-refractivity contribution is -0.117. The highest BCUT2D eigenvalue weighted by molar-refractivity contribution is 5.93. The highest BCUT2D eigenvalue weighted by atomic mass is 16.2. The molecule has 2 aromatic rings. The summed E-state index contributed by atoms with van der Waals surface area (Å²) in [5, 5.41) is 6.36. The van der Waals surface area contributed by atoms with E-state index in [1.807, 2.05) is 31.3 Å². The molecule has 3 rings (SSSR count). The molecule has 2 N–H and O–H groups in total. The first-order chi connectivity index (χ1) is 13.2. The van der Waals surface area contributed by atoms with E-state index in [2.05, 4.69) is 45.9 Å². The second-order valence-electron chi connectivity index (χ2n) is 7.48. The predicted octanol–water partition coefficient (Wildman–Crippen LogP) is 3.54. The van der Waals surface area contributed by atoms with Crippen molar-refractivity contribution in [3.8, 4) is 0 Å². The van der Waals surface area contributed by atoms with E-state index in [9.17, 15) is 4.79 Å². The highest BCUT2D eigenvalue weighted by Gasteiger charge is 2.20. The third-order valence-electron chi connectivity index (χ3n) is 5.41. The average molecular weight is 366 g/mol. The summed E-state index contributed by atoms with van der Waals surface area (Å²) in [7, 11) is 2.01. The Bertz CT molecular complexity index is 709. The number of rotatable bonds is 8. The summed E-state index contributed by atoms with van der Waals surface area (Å²) in [6, 6.07) is 18.5. The number of benzene rings is 2. The van der Waals surface area contributed by atoms with Crippen molar-refractivity contribution in [2.45, 2.75) is 25.7 Å². The SMILES string of the molecule is CNCCC1CCN(CC(=O)Nc2ccccc2Cc2ccccc2)CC1. The first-order valence-electron chi connectivity index (χ1n) is 10.0. The third-order valence-corrected chi connectivity index (χ3v) is 5.41. The first kappa shape index (κ1) is 19.6. The number of hydrogen-bond acceptors (Lipinski definition) is 3. The maximum Gasteiger partial charge on any atom is 0.238 e. The summed E-state index contributed by atoms with van der Waals surface area (Å²) < 4.78 is 0. The number of para-hydroxylation sites is 1. The van der Waals surface area contributed by atoms with Gasteiger partial charge >= 0.3 is 0 Å². The van der Waals surface area contributed by atoms with Gasteiger partial charge in [0.1, 0.15) is 0 Å². The van der Waals surface area contributed by atoms with Crippen molar-refractivity contribution in [1.82, 2.24) is 10.2 Å². The van der Waals surface area contributed by atoms with Gasteiger partial charge in [0.05, 0.1) is 6.54 Å². The zero-order valence-electron chi connectivity index (χ0n) is 16.3. The molecule has 0 aromatic heterocycles. The Balaban J connectivity index is 1.51. The fourth-order valence-electron chi connectivity index (χ4n) is 3.79. The zero-order chi connectivity index (χ0) is 18.9. The minimum Gasteiger partial charge on any atom is -0.325 e. The maximum absolute atomic E-state index is 12.6. The Hall–Kier alpha value is -2.17. The van der Waals surface area contributed by atoms with E-state index >= 15 is 0 Å². The average Bonchev–Trinajstić information content (AvgIpc) is 2.70. The Labute approximate surface area is 163 Å². The van der Waals surface area contributed by atoms with Gasteiger partial charge < -0.3 is 10.6 Å². The summed E-state index contributed by atoms with van der Waals surface area (Å²) in [6.45, 7) is 3.61. The van der Waals surface area contributed by atoms with Crippen molar-refractivity contribution in [3.05, 3.63) is 65.7 Å². The third kappa shape index (κ3) is 6.19. The molecule has 0 unspecified atom stereocenters. The van der Waals surface area contributed by atoms with Crippen LogP contribution in [0.25, 0.3) is 0 Å². The summed E-state index contributed by atoms with van der Waals surface area (Å²) in [6.07, 6.45) is 4.46. The molecule has 1 aliphatic heterocycles. The van der Waals surface area contributed by atoms with Gasteiger partial charge in [-0.2, -0.15) is 0 Å². The van der Waals surface area contributed by atoms with Crippen LogP contribution < -0.4 is 10.6 Å². The molecule has 0 saturated carbocycles. The van der Waals surface area contributed by atoms with Gasteiger partial charge in [-0.15, -0.1) is 0 Å². The topological polar surface area (TPSA) is 44.4 Å². The van der Waals surface area contributed by atoms with Crippen LogP contribution >= 0.6 is 0 Å². The lowest BCUT2D eigenvalue weighted by atomic mass is 9.93. The summed E-state index contributed by atoms with van der Waals surface area (Å²) in [4.78, 5) is 14.9. The van der Waals surface area contributed by atoms with E-state index in [4.69, 9.17) is 0 Å². The van der Waals surface area contributed by atoms with Crippen molar-refractivity contribution < 1.29 is 4.79 Å².